The number of unbranched alkanes of at least 4 members (excludes halogenated alkanes) is 7. The van der Waals surface area contributed by atoms with Gasteiger partial charge in [0.1, 0.15) is 0 Å². The van der Waals surface area contributed by atoms with E-state index in [2.05, 4.69) is 36.5 Å². The fourth-order valence-electron chi connectivity index (χ4n) is 3.09. The van der Waals surface area contributed by atoms with Crippen molar-refractivity contribution in [1.82, 2.24) is 5.32 Å². The normalized spacial score (nSPS) is 17.7. The lowest BCUT2D eigenvalue weighted by atomic mass is 10.0. The third kappa shape index (κ3) is 6.04. The maximum atomic E-state index is 3.78. The zero-order valence-corrected chi connectivity index (χ0v) is 14.4. The molecular formula is C19H31NS. The third-order valence-corrected chi connectivity index (χ3v) is 5.50. The Morgan fingerprint density at radius 3 is 2.52 bits per heavy atom. The standard InChI is InChI=1S/C19H31NS/c1-2-3-4-5-6-7-8-11-15-20-18-14-16-21-19-13-10-9-12-17(18)19/h9-10,12-13,18,20H,2-8,11,14-16H2,1H3. The number of benzene rings is 1. The molecule has 1 unspecified atom stereocenters. The van der Waals surface area contributed by atoms with Crippen LogP contribution in [0.4, 0.5) is 0 Å². The molecule has 21 heavy (non-hydrogen) atoms. The van der Waals surface area contributed by atoms with Crippen molar-refractivity contribution in [2.45, 2.75) is 75.6 Å². The largest absolute Gasteiger partial charge is 0.310 e. The van der Waals surface area contributed by atoms with Gasteiger partial charge < -0.3 is 5.32 Å². The number of hydrogen-bond donors (Lipinski definition) is 1. The third-order valence-electron chi connectivity index (χ3n) is 4.38. The molecule has 2 rings (SSSR count). The van der Waals surface area contributed by atoms with E-state index in [4.69, 9.17) is 0 Å². The van der Waals surface area contributed by atoms with Crippen LogP contribution in [-0.2, 0) is 0 Å². The molecule has 0 aliphatic carbocycles. The molecule has 0 radical (unpaired) electrons. The lowest BCUT2D eigenvalue weighted by Gasteiger charge is -2.26. The van der Waals surface area contributed by atoms with Gasteiger partial charge >= 0.3 is 0 Å². The molecular weight excluding hydrogens is 274 g/mol. The molecule has 0 aromatic heterocycles. The van der Waals surface area contributed by atoms with E-state index < -0.39 is 0 Å². The summed E-state index contributed by atoms with van der Waals surface area (Å²) < 4.78 is 0. The van der Waals surface area contributed by atoms with E-state index in [-0.39, 0.29) is 0 Å². The maximum absolute atomic E-state index is 3.78. The van der Waals surface area contributed by atoms with Gasteiger partial charge in [-0.05, 0) is 36.8 Å². The number of nitrogens with one attached hydrogen (secondary N) is 1. The highest BCUT2D eigenvalue weighted by Crippen LogP contribution is 2.35. The highest BCUT2D eigenvalue weighted by molar-refractivity contribution is 7.99. The Hall–Kier alpha value is -0.470. The van der Waals surface area contributed by atoms with E-state index >= 15 is 0 Å². The molecule has 1 aliphatic rings. The second kappa shape index (κ2) is 10.3. The number of fused-ring (bicyclic) bond motifs is 1. The summed E-state index contributed by atoms with van der Waals surface area (Å²) in [6.45, 7) is 3.46. The van der Waals surface area contributed by atoms with Crippen LogP contribution >= 0.6 is 11.8 Å². The lowest BCUT2D eigenvalue weighted by Crippen LogP contribution is -2.25. The van der Waals surface area contributed by atoms with Crippen LogP contribution in [0.15, 0.2) is 29.2 Å². The highest BCUT2D eigenvalue weighted by atomic mass is 32.2. The lowest BCUT2D eigenvalue weighted by molar-refractivity contribution is 0.485. The van der Waals surface area contributed by atoms with Crippen molar-refractivity contribution in [2.75, 3.05) is 12.3 Å². The zero-order chi connectivity index (χ0) is 14.8. The minimum Gasteiger partial charge on any atom is -0.310 e. The average Bonchev–Trinajstić information content (AvgIpc) is 2.53. The predicted octanol–water partition coefficient (Wildman–Crippen LogP) is 5.95. The average molecular weight is 306 g/mol. The second-order valence-corrected chi connectivity index (χ2v) is 7.29. The summed E-state index contributed by atoms with van der Waals surface area (Å²) in [5.41, 5.74) is 1.52. The van der Waals surface area contributed by atoms with Gasteiger partial charge in [0.15, 0.2) is 0 Å². The Kier molecular flexibility index (Phi) is 8.28. The molecule has 118 valence electrons. The van der Waals surface area contributed by atoms with Crippen LogP contribution in [0.1, 0.15) is 76.3 Å². The molecule has 1 nitrogen and oxygen atoms in total. The molecule has 0 bridgehead atoms. The Morgan fingerprint density at radius 2 is 1.71 bits per heavy atom. The summed E-state index contributed by atoms with van der Waals surface area (Å²) in [4.78, 5) is 1.48. The fraction of sp³-hybridized carbons (Fsp3) is 0.684. The van der Waals surface area contributed by atoms with Crippen molar-refractivity contribution in [1.29, 1.82) is 0 Å². The van der Waals surface area contributed by atoms with Crippen LogP contribution in [0.5, 0.6) is 0 Å². The summed E-state index contributed by atoms with van der Waals surface area (Å²) >= 11 is 2.01. The van der Waals surface area contributed by atoms with Gasteiger partial charge in [-0.25, -0.2) is 0 Å². The number of hydrogen-bond acceptors (Lipinski definition) is 2. The molecule has 1 aromatic carbocycles. The van der Waals surface area contributed by atoms with Gasteiger partial charge in [0.05, 0.1) is 0 Å². The van der Waals surface area contributed by atoms with Crippen molar-refractivity contribution in [3.63, 3.8) is 0 Å². The van der Waals surface area contributed by atoms with Crippen molar-refractivity contribution in [3.05, 3.63) is 29.8 Å². The van der Waals surface area contributed by atoms with Crippen molar-refractivity contribution in [3.8, 4) is 0 Å². The van der Waals surface area contributed by atoms with E-state index in [0.29, 0.717) is 6.04 Å². The van der Waals surface area contributed by atoms with Crippen LogP contribution in [0.2, 0.25) is 0 Å². The van der Waals surface area contributed by atoms with Gasteiger partial charge in [0.2, 0.25) is 0 Å². The van der Waals surface area contributed by atoms with E-state index in [1.165, 1.54) is 80.5 Å². The Balaban J connectivity index is 1.56. The number of rotatable bonds is 10. The molecule has 1 atom stereocenters. The first kappa shape index (κ1) is 16.9. The quantitative estimate of drug-likeness (QED) is 0.536. The molecule has 1 aromatic rings. The Bertz CT molecular complexity index is 391. The van der Waals surface area contributed by atoms with Crippen LogP contribution in [0.25, 0.3) is 0 Å². The Morgan fingerprint density at radius 1 is 1.00 bits per heavy atom. The van der Waals surface area contributed by atoms with Gasteiger partial charge in [0.25, 0.3) is 0 Å². The van der Waals surface area contributed by atoms with Gasteiger partial charge in [-0.3, -0.25) is 0 Å². The smallest absolute Gasteiger partial charge is 0.0339 e. The molecule has 0 saturated carbocycles. The molecule has 1 heterocycles. The summed E-state index contributed by atoms with van der Waals surface area (Å²) in [5, 5.41) is 3.78. The monoisotopic (exact) mass is 305 g/mol. The second-order valence-electron chi connectivity index (χ2n) is 6.16. The molecule has 0 fully saturated rings. The van der Waals surface area contributed by atoms with Gasteiger partial charge in [0, 0.05) is 10.9 Å². The first-order valence-corrected chi connectivity index (χ1v) is 9.85. The van der Waals surface area contributed by atoms with Gasteiger partial charge in [-0.1, -0.05) is 70.1 Å². The first-order chi connectivity index (χ1) is 10.4. The van der Waals surface area contributed by atoms with Crippen LogP contribution < -0.4 is 5.32 Å². The van der Waals surface area contributed by atoms with Crippen LogP contribution in [0.3, 0.4) is 0 Å². The van der Waals surface area contributed by atoms with Gasteiger partial charge in [-0.15, -0.1) is 11.8 Å². The van der Waals surface area contributed by atoms with E-state index in [9.17, 15) is 0 Å². The molecule has 0 amide bonds. The van der Waals surface area contributed by atoms with E-state index in [1.54, 1.807) is 0 Å². The molecule has 1 aliphatic heterocycles. The molecule has 1 N–H and O–H groups in total. The summed E-state index contributed by atoms with van der Waals surface area (Å²) in [6.07, 6.45) is 12.5. The fourth-order valence-corrected chi connectivity index (χ4v) is 4.21. The van der Waals surface area contributed by atoms with Crippen LogP contribution in [0, 0.1) is 0 Å². The van der Waals surface area contributed by atoms with Crippen molar-refractivity contribution in [2.24, 2.45) is 0 Å². The zero-order valence-electron chi connectivity index (χ0n) is 13.6. The summed E-state index contributed by atoms with van der Waals surface area (Å²) in [6, 6.07) is 9.49. The molecule has 2 heteroatoms. The SMILES string of the molecule is CCCCCCCCCCNC1CCSc2ccccc21. The molecule has 0 spiro atoms. The van der Waals surface area contributed by atoms with E-state index in [0.717, 1.165) is 0 Å². The van der Waals surface area contributed by atoms with Crippen molar-refractivity contribution < 1.29 is 0 Å². The van der Waals surface area contributed by atoms with Crippen LogP contribution in [-0.4, -0.2) is 12.3 Å². The maximum Gasteiger partial charge on any atom is 0.0339 e. The summed E-state index contributed by atoms with van der Waals surface area (Å²) in [7, 11) is 0. The Labute approximate surface area is 135 Å². The number of thioether (sulfide) groups is 1. The molecule has 0 saturated heterocycles. The minimum atomic E-state index is 0.590. The topological polar surface area (TPSA) is 12.0 Å². The van der Waals surface area contributed by atoms with E-state index in [1.807, 2.05) is 11.8 Å². The predicted molar refractivity (Wildman–Crippen MR) is 95.1 cm³/mol. The highest BCUT2D eigenvalue weighted by Gasteiger charge is 2.18. The summed E-state index contributed by atoms with van der Waals surface area (Å²) in [5.74, 6) is 1.26. The van der Waals surface area contributed by atoms with Gasteiger partial charge in [-0.2, -0.15) is 0 Å². The first-order valence-electron chi connectivity index (χ1n) is 8.87. The minimum absolute atomic E-state index is 0.590. The van der Waals surface area contributed by atoms with Crippen molar-refractivity contribution >= 4 is 11.8 Å².